The minimum absolute atomic E-state index is 0.0837. The molecular formula is C19H13F4N3O2. The number of fused-ring (bicyclic) bond motifs is 1. The second-order valence-corrected chi connectivity index (χ2v) is 5.61. The van der Waals surface area contributed by atoms with Crippen LogP contribution in [0, 0.1) is 11.3 Å². The van der Waals surface area contributed by atoms with Crippen LogP contribution in [0.1, 0.15) is 11.4 Å². The van der Waals surface area contributed by atoms with Crippen molar-refractivity contribution >= 4 is 22.7 Å². The molecule has 0 amide bonds. The number of rotatable bonds is 6. The van der Waals surface area contributed by atoms with Gasteiger partial charge in [-0.25, -0.2) is 4.98 Å². The molecule has 0 radical (unpaired) electrons. The first-order valence-electron chi connectivity index (χ1n) is 7.96. The van der Waals surface area contributed by atoms with Crippen molar-refractivity contribution in [3.8, 4) is 17.6 Å². The highest BCUT2D eigenvalue weighted by Gasteiger charge is 2.16. The van der Waals surface area contributed by atoms with E-state index in [9.17, 15) is 22.8 Å². The van der Waals surface area contributed by atoms with E-state index in [-0.39, 0.29) is 16.9 Å². The van der Waals surface area contributed by atoms with E-state index in [2.05, 4.69) is 14.5 Å². The van der Waals surface area contributed by atoms with Gasteiger partial charge >= 0.3 is 13.2 Å². The third kappa shape index (κ3) is 4.06. The molecule has 0 aliphatic carbocycles. The molecule has 3 rings (SSSR count). The first-order valence-corrected chi connectivity index (χ1v) is 7.96. The number of alkyl halides is 4. The van der Waals surface area contributed by atoms with Crippen LogP contribution in [0.5, 0.6) is 11.5 Å². The summed E-state index contributed by atoms with van der Waals surface area (Å²) in [4.78, 5) is 4.39. The lowest BCUT2D eigenvalue weighted by Gasteiger charge is -2.11. The Labute approximate surface area is 157 Å². The predicted molar refractivity (Wildman–Crippen MR) is 93.9 cm³/mol. The van der Waals surface area contributed by atoms with Crippen LogP contribution in [-0.4, -0.2) is 22.8 Å². The first-order chi connectivity index (χ1) is 13.4. The maximum absolute atomic E-state index is 12.7. The lowest BCUT2D eigenvalue weighted by atomic mass is 10.1. The lowest BCUT2D eigenvalue weighted by Crippen LogP contribution is -2.06. The van der Waals surface area contributed by atoms with Gasteiger partial charge < -0.3 is 14.0 Å². The van der Waals surface area contributed by atoms with Gasteiger partial charge in [0.25, 0.3) is 0 Å². The van der Waals surface area contributed by atoms with E-state index >= 15 is 0 Å². The molecule has 2 aromatic carbocycles. The summed E-state index contributed by atoms with van der Waals surface area (Å²) in [5, 5.41) is 9.55. The molecule has 1 heterocycles. The molecule has 9 heteroatoms. The summed E-state index contributed by atoms with van der Waals surface area (Å²) in [6.07, 6.45) is 1.30. The highest BCUT2D eigenvalue weighted by Crippen LogP contribution is 2.31. The molecule has 1 aromatic heterocycles. The van der Waals surface area contributed by atoms with Crippen molar-refractivity contribution in [2.24, 2.45) is 7.05 Å². The maximum atomic E-state index is 12.7. The van der Waals surface area contributed by atoms with E-state index in [1.165, 1.54) is 18.2 Å². The zero-order valence-electron chi connectivity index (χ0n) is 14.4. The van der Waals surface area contributed by atoms with Gasteiger partial charge in [-0.15, -0.1) is 0 Å². The number of imidazole rings is 1. The van der Waals surface area contributed by atoms with Crippen LogP contribution < -0.4 is 9.47 Å². The second kappa shape index (κ2) is 8.00. The summed E-state index contributed by atoms with van der Waals surface area (Å²) in [5.74, 6) is -0.427. The second-order valence-electron chi connectivity index (χ2n) is 5.61. The molecule has 0 atom stereocenters. The quantitative estimate of drug-likeness (QED) is 0.446. The van der Waals surface area contributed by atoms with E-state index in [0.29, 0.717) is 11.3 Å². The molecule has 5 nitrogen and oxygen atoms in total. The Morgan fingerprint density at radius 2 is 1.82 bits per heavy atom. The van der Waals surface area contributed by atoms with Gasteiger partial charge in [0, 0.05) is 18.7 Å². The SMILES string of the molecule is Cn1c(C(C#N)=Cc2ccc(OC(F)F)cc2OC(F)F)nc2ccccc21. The number of allylic oxidation sites excluding steroid dienone is 1. The number of aromatic nitrogens is 2. The Morgan fingerprint density at radius 1 is 1.11 bits per heavy atom. The van der Waals surface area contributed by atoms with Gasteiger partial charge in [-0.1, -0.05) is 12.1 Å². The Bertz CT molecular complexity index is 1070. The number of nitrogens with zero attached hydrogens (tertiary/aromatic N) is 3. The molecular weight excluding hydrogens is 378 g/mol. The van der Waals surface area contributed by atoms with Gasteiger partial charge in [-0.2, -0.15) is 22.8 Å². The third-order valence-electron chi connectivity index (χ3n) is 3.87. The van der Waals surface area contributed by atoms with Gasteiger partial charge in [0.05, 0.1) is 16.6 Å². The van der Waals surface area contributed by atoms with Crippen LogP contribution in [0.4, 0.5) is 17.6 Å². The number of benzene rings is 2. The molecule has 3 aromatic rings. The number of hydrogen-bond acceptors (Lipinski definition) is 4. The number of para-hydroxylation sites is 2. The summed E-state index contributed by atoms with van der Waals surface area (Å²) in [6, 6.07) is 12.5. The highest BCUT2D eigenvalue weighted by molar-refractivity contribution is 5.91. The minimum atomic E-state index is -3.18. The molecule has 0 aliphatic rings. The molecule has 0 saturated heterocycles. The van der Waals surface area contributed by atoms with E-state index < -0.39 is 19.0 Å². The van der Waals surface area contributed by atoms with Gasteiger partial charge in [-0.3, -0.25) is 0 Å². The van der Waals surface area contributed by atoms with Crippen LogP contribution in [0.3, 0.4) is 0 Å². The zero-order valence-corrected chi connectivity index (χ0v) is 14.4. The number of hydrogen-bond donors (Lipinski definition) is 0. The zero-order chi connectivity index (χ0) is 20.3. The van der Waals surface area contributed by atoms with Gasteiger partial charge in [0.15, 0.2) is 5.82 Å². The van der Waals surface area contributed by atoms with Gasteiger partial charge in [0.1, 0.15) is 17.6 Å². The van der Waals surface area contributed by atoms with Gasteiger partial charge in [0.2, 0.25) is 0 Å². The van der Waals surface area contributed by atoms with E-state index in [0.717, 1.165) is 11.6 Å². The van der Waals surface area contributed by atoms with Crippen molar-refractivity contribution in [1.29, 1.82) is 5.26 Å². The van der Waals surface area contributed by atoms with Crippen LogP contribution in [0.25, 0.3) is 22.7 Å². The third-order valence-corrected chi connectivity index (χ3v) is 3.87. The molecule has 0 N–H and O–H groups in total. The largest absolute Gasteiger partial charge is 0.435 e. The first kappa shape index (κ1) is 19.2. The molecule has 0 saturated carbocycles. The predicted octanol–water partition coefficient (Wildman–Crippen LogP) is 4.84. The summed E-state index contributed by atoms with van der Waals surface area (Å²) >= 11 is 0. The topological polar surface area (TPSA) is 60.1 Å². The number of halogens is 4. The van der Waals surface area contributed by atoms with Crippen molar-refractivity contribution in [3.63, 3.8) is 0 Å². The molecule has 144 valence electrons. The average molecular weight is 391 g/mol. The molecule has 0 unspecified atom stereocenters. The fourth-order valence-corrected chi connectivity index (χ4v) is 2.70. The fourth-order valence-electron chi connectivity index (χ4n) is 2.70. The summed E-state index contributed by atoms with van der Waals surface area (Å²) < 4.78 is 60.5. The minimum Gasteiger partial charge on any atom is -0.435 e. The maximum Gasteiger partial charge on any atom is 0.387 e. The van der Waals surface area contributed by atoms with Crippen molar-refractivity contribution < 1.29 is 27.0 Å². The standard InChI is InChI=1S/C19H13F4N3O2/c1-26-15-5-3-2-4-14(15)25-17(26)12(10-24)8-11-6-7-13(27-18(20)21)9-16(11)28-19(22)23/h2-9,18-19H,1H3. The summed E-state index contributed by atoms with van der Waals surface area (Å²) in [5.41, 5.74) is 1.61. The van der Waals surface area contributed by atoms with Crippen LogP contribution >= 0.6 is 0 Å². The van der Waals surface area contributed by atoms with Crippen LogP contribution in [0.2, 0.25) is 0 Å². The molecule has 0 bridgehead atoms. The fraction of sp³-hybridized carbons (Fsp3) is 0.158. The monoisotopic (exact) mass is 391 g/mol. The van der Waals surface area contributed by atoms with Crippen molar-refractivity contribution in [1.82, 2.24) is 9.55 Å². The van der Waals surface area contributed by atoms with Gasteiger partial charge in [-0.05, 0) is 30.3 Å². The van der Waals surface area contributed by atoms with Crippen LogP contribution in [0.15, 0.2) is 42.5 Å². The average Bonchev–Trinajstić information content (AvgIpc) is 2.97. The number of nitriles is 1. The Kier molecular flexibility index (Phi) is 5.49. The molecule has 0 aliphatic heterocycles. The van der Waals surface area contributed by atoms with Crippen molar-refractivity contribution in [2.45, 2.75) is 13.2 Å². The highest BCUT2D eigenvalue weighted by atomic mass is 19.3. The Balaban J connectivity index is 2.08. The molecule has 0 fully saturated rings. The lowest BCUT2D eigenvalue weighted by molar-refractivity contribution is -0.0543. The summed E-state index contributed by atoms with van der Waals surface area (Å²) in [6.45, 7) is -6.30. The van der Waals surface area contributed by atoms with Crippen LogP contribution in [-0.2, 0) is 7.05 Å². The Hall–Kier alpha value is -3.54. The van der Waals surface area contributed by atoms with E-state index in [1.54, 1.807) is 23.7 Å². The van der Waals surface area contributed by atoms with E-state index in [4.69, 9.17) is 0 Å². The number of aryl methyl sites for hydroxylation is 1. The molecule has 28 heavy (non-hydrogen) atoms. The Morgan fingerprint density at radius 3 is 2.46 bits per heavy atom. The number of ether oxygens (including phenoxy) is 2. The normalized spacial score (nSPS) is 11.9. The smallest absolute Gasteiger partial charge is 0.387 e. The van der Waals surface area contributed by atoms with E-state index in [1.807, 2.05) is 18.2 Å². The van der Waals surface area contributed by atoms with Crippen molar-refractivity contribution in [3.05, 3.63) is 53.9 Å². The van der Waals surface area contributed by atoms with Crippen molar-refractivity contribution in [2.75, 3.05) is 0 Å². The summed E-state index contributed by atoms with van der Waals surface area (Å²) in [7, 11) is 1.71. The molecule has 0 spiro atoms.